The van der Waals surface area contributed by atoms with Gasteiger partial charge in [0, 0.05) is 18.2 Å². The van der Waals surface area contributed by atoms with Crippen LogP contribution >= 0.6 is 0 Å². The summed E-state index contributed by atoms with van der Waals surface area (Å²) in [6.45, 7) is 1.33. The number of hydrogen-bond donors (Lipinski definition) is 0. The van der Waals surface area contributed by atoms with Crippen molar-refractivity contribution >= 4 is 6.47 Å². The Balaban J connectivity index is 2.99. The number of ether oxygens (including phenoxy) is 3. The van der Waals surface area contributed by atoms with Gasteiger partial charge in [0.25, 0.3) is 0 Å². The average Bonchev–Trinajstić information content (AvgIpc) is 2.17. The Hall–Kier alpha value is -1.71. The van der Waals surface area contributed by atoms with Crippen LogP contribution in [0.2, 0.25) is 0 Å². The van der Waals surface area contributed by atoms with Gasteiger partial charge in [0.1, 0.15) is 17.2 Å². The highest BCUT2D eigenvalue weighted by molar-refractivity contribution is 5.50. The lowest BCUT2D eigenvalue weighted by molar-refractivity contribution is 0.386. The summed E-state index contributed by atoms with van der Waals surface area (Å²) in [5, 5.41) is 0. The fourth-order valence-corrected chi connectivity index (χ4v) is 0.888. The van der Waals surface area contributed by atoms with Crippen LogP contribution in [0.3, 0.4) is 0 Å². The van der Waals surface area contributed by atoms with Gasteiger partial charge in [-0.1, -0.05) is 0 Å². The second kappa shape index (κ2) is 4.35. The van der Waals surface area contributed by atoms with Gasteiger partial charge in [-0.25, -0.2) is 4.79 Å². The van der Waals surface area contributed by atoms with Gasteiger partial charge in [0.15, 0.2) is 0 Å². The molecule has 1 radical (unpaired) electrons. The molecule has 0 N–H and O–H groups in total. The molecule has 0 saturated heterocycles. The molecule has 0 aliphatic rings. The molecule has 0 amide bonds. The van der Waals surface area contributed by atoms with Crippen LogP contribution in [0.4, 0.5) is 0 Å². The third-order valence-corrected chi connectivity index (χ3v) is 1.48. The molecule has 0 unspecified atom stereocenters. The second-order valence-electron chi connectivity index (χ2n) is 2.23. The minimum absolute atomic E-state index is 0.339. The Kier molecular flexibility index (Phi) is 3.14. The van der Waals surface area contributed by atoms with Crippen molar-refractivity contribution in [3.8, 4) is 17.2 Å². The summed E-state index contributed by atoms with van der Waals surface area (Å²) in [5.74, 6) is 1.46. The molecule has 0 bridgehead atoms. The lowest BCUT2D eigenvalue weighted by Crippen LogP contribution is -1.92. The van der Waals surface area contributed by atoms with Gasteiger partial charge < -0.3 is 14.2 Å². The molecule has 0 fully saturated rings. The lowest BCUT2D eigenvalue weighted by Gasteiger charge is -2.05. The Morgan fingerprint density at radius 1 is 1.00 bits per heavy atom. The van der Waals surface area contributed by atoms with Gasteiger partial charge in [-0.05, 0) is 0 Å². The fourth-order valence-electron chi connectivity index (χ4n) is 0.888. The maximum absolute atomic E-state index is 9.94. The Labute approximate surface area is 76.0 Å². The molecule has 13 heavy (non-hydrogen) atoms. The van der Waals surface area contributed by atoms with Crippen LogP contribution in [-0.2, 0) is 4.79 Å². The molecule has 1 aromatic rings. The van der Waals surface area contributed by atoms with Crippen LogP contribution in [-0.4, -0.2) is 20.7 Å². The monoisotopic (exact) mass is 181 g/mol. The molecule has 0 spiro atoms. The van der Waals surface area contributed by atoms with E-state index in [1.807, 2.05) is 0 Å². The van der Waals surface area contributed by atoms with E-state index in [0.29, 0.717) is 17.2 Å². The number of rotatable bonds is 4. The van der Waals surface area contributed by atoms with Gasteiger partial charge in [0.2, 0.25) is 0 Å². The number of benzene rings is 1. The van der Waals surface area contributed by atoms with Crippen molar-refractivity contribution in [1.29, 1.82) is 0 Å². The molecule has 0 aromatic heterocycles. The maximum atomic E-state index is 9.94. The van der Waals surface area contributed by atoms with Gasteiger partial charge in [-0.3, -0.25) is 0 Å². The number of carbonyl (C=O) groups excluding carboxylic acids is 1. The lowest BCUT2D eigenvalue weighted by atomic mass is 10.3. The van der Waals surface area contributed by atoms with Crippen LogP contribution in [0.25, 0.3) is 0 Å². The van der Waals surface area contributed by atoms with Gasteiger partial charge in [0.05, 0.1) is 14.2 Å². The first-order chi connectivity index (χ1) is 6.30. The molecule has 69 valence electrons. The van der Waals surface area contributed by atoms with E-state index in [1.165, 1.54) is 20.7 Å². The highest BCUT2D eigenvalue weighted by Crippen LogP contribution is 2.26. The summed E-state index contributed by atoms with van der Waals surface area (Å²) in [7, 11) is 3.03. The highest BCUT2D eigenvalue weighted by Gasteiger charge is 2.02. The minimum atomic E-state index is 0.339. The SMILES string of the molecule is COc1cc(OC)cc(O[C]=O)c1. The van der Waals surface area contributed by atoms with Crippen LogP contribution < -0.4 is 14.2 Å². The molecular formula is C9H9O4. The fraction of sp³-hybridized carbons (Fsp3) is 0.222. The average molecular weight is 181 g/mol. The van der Waals surface area contributed by atoms with Crippen LogP contribution in [0.5, 0.6) is 17.2 Å². The van der Waals surface area contributed by atoms with Gasteiger partial charge in [-0.15, -0.1) is 0 Å². The summed E-state index contributed by atoms with van der Waals surface area (Å²) in [5.41, 5.74) is 0. The van der Waals surface area contributed by atoms with Crippen LogP contribution in [0.15, 0.2) is 18.2 Å². The first-order valence-electron chi connectivity index (χ1n) is 3.57. The van der Waals surface area contributed by atoms with Gasteiger partial charge in [-0.2, -0.15) is 0 Å². The molecule has 4 nitrogen and oxygen atoms in total. The standard InChI is InChI=1S/C9H9O4/c1-11-7-3-8(12-2)5-9(4-7)13-6-10/h3-5H,1-2H3. The van der Waals surface area contributed by atoms with Crippen molar-refractivity contribution in [2.75, 3.05) is 14.2 Å². The summed E-state index contributed by atoms with van der Waals surface area (Å²) < 4.78 is 14.4. The van der Waals surface area contributed by atoms with Crippen molar-refractivity contribution in [3.63, 3.8) is 0 Å². The van der Waals surface area contributed by atoms with E-state index in [4.69, 9.17) is 9.47 Å². The minimum Gasteiger partial charge on any atom is -0.496 e. The Bertz CT molecular complexity index is 273. The summed E-state index contributed by atoms with van der Waals surface area (Å²) in [6, 6.07) is 4.80. The predicted octanol–water partition coefficient (Wildman–Crippen LogP) is 1.15. The third-order valence-electron chi connectivity index (χ3n) is 1.48. The first kappa shape index (κ1) is 9.38. The summed E-state index contributed by atoms with van der Waals surface area (Å²) in [4.78, 5) is 9.94. The van der Waals surface area contributed by atoms with E-state index >= 15 is 0 Å². The summed E-state index contributed by atoms with van der Waals surface area (Å²) in [6.07, 6.45) is 0. The van der Waals surface area contributed by atoms with Gasteiger partial charge >= 0.3 is 6.47 Å². The van der Waals surface area contributed by atoms with Crippen molar-refractivity contribution in [1.82, 2.24) is 0 Å². The Morgan fingerprint density at radius 2 is 1.46 bits per heavy atom. The zero-order chi connectivity index (χ0) is 9.68. The largest absolute Gasteiger partial charge is 0.496 e. The van der Waals surface area contributed by atoms with E-state index in [0.717, 1.165) is 0 Å². The van der Waals surface area contributed by atoms with E-state index in [2.05, 4.69) is 4.74 Å². The first-order valence-corrected chi connectivity index (χ1v) is 3.57. The molecule has 4 heteroatoms. The van der Waals surface area contributed by atoms with Crippen molar-refractivity contribution in [2.24, 2.45) is 0 Å². The molecule has 0 saturated carbocycles. The Morgan fingerprint density at radius 3 is 1.85 bits per heavy atom. The molecule has 1 rings (SSSR count). The normalized spacial score (nSPS) is 9.08. The molecule has 0 heterocycles. The molecule has 0 aliphatic heterocycles. The molecule has 0 atom stereocenters. The number of hydrogen-bond acceptors (Lipinski definition) is 4. The van der Waals surface area contributed by atoms with Crippen molar-refractivity contribution < 1.29 is 19.0 Å². The molecule has 0 aliphatic carbocycles. The van der Waals surface area contributed by atoms with Crippen molar-refractivity contribution in [3.05, 3.63) is 18.2 Å². The molecule has 1 aromatic carbocycles. The van der Waals surface area contributed by atoms with E-state index < -0.39 is 0 Å². The summed E-state index contributed by atoms with van der Waals surface area (Å²) >= 11 is 0. The molecular weight excluding hydrogens is 172 g/mol. The smallest absolute Gasteiger partial charge is 0.423 e. The highest BCUT2D eigenvalue weighted by atomic mass is 16.5. The topological polar surface area (TPSA) is 44.8 Å². The van der Waals surface area contributed by atoms with Crippen LogP contribution in [0.1, 0.15) is 0 Å². The van der Waals surface area contributed by atoms with Crippen LogP contribution in [0, 0.1) is 0 Å². The van der Waals surface area contributed by atoms with E-state index in [1.54, 1.807) is 18.2 Å². The van der Waals surface area contributed by atoms with E-state index in [-0.39, 0.29) is 0 Å². The predicted molar refractivity (Wildman–Crippen MR) is 45.9 cm³/mol. The second-order valence-corrected chi connectivity index (χ2v) is 2.23. The zero-order valence-electron chi connectivity index (χ0n) is 7.37. The van der Waals surface area contributed by atoms with Crippen molar-refractivity contribution in [2.45, 2.75) is 0 Å². The zero-order valence-corrected chi connectivity index (χ0v) is 7.37. The third kappa shape index (κ3) is 2.37. The van der Waals surface area contributed by atoms with E-state index in [9.17, 15) is 4.79 Å². The maximum Gasteiger partial charge on any atom is 0.423 e. The quantitative estimate of drug-likeness (QED) is 0.698. The number of methoxy groups -OCH3 is 2.